The van der Waals surface area contributed by atoms with Crippen molar-refractivity contribution in [2.45, 2.75) is 68.9 Å². The highest BCUT2D eigenvalue weighted by Gasteiger charge is 2.34. The summed E-state index contributed by atoms with van der Waals surface area (Å²) in [6.07, 6.45) is 9.87. The van der Waals surface area contributed by atoms with E-state index in [4.69, 9.17) is 4.74 Å². The fraction of sp³-hybridized carbons (Fsp3) is 0.889. The van der Waals surface area contributed by atoms with Crippen LogP contribution in [0, 0.1) is 5.92 Å². The van der Waals surface area contributed by atoms with E-state index in [-0.39, 0.29) is 16.4 Å². The van der Waals surface area contributed by atoms with Gasteiger partial charge in [-0.05, 0) is 70.9 Å². The number of nitrogens with one attached hydrogen (secondary N) is 2. The van der Waals surface area contributed by atoms with Gasteiger partial charge in [-0.3, -0.25) is 19.8 Å². The molecule has 7 heteroatoms. The number of rotatable bonds is 7. The Labute approximate surface area is 154 Å². The Balaban J connectivity index is 1.29. The van der Waals surface area contributed by atoms with Gasteiger partial charge in [0.15, 0.2) is 0 Å². The predicted octanol–water partition coefficient (Wildman–Crippen LogP) is 2.33. The van der Waals surface area contributed by atoms with E-state index in [2.05, 4.69) is 22.6 Å². The Bertz CT molecular complexity index is 462. The van der Waals surface area contributed by atoms with Crippen molar-refractivity contribution in [3.8, 4) is 0 Å². The number of ether oxygens (including phenoxy) is 1. The number of hydrogen-bond donors (Lipinski definition) is 2. The van der Waals surface area contributed by atoms with Gasteiger partial charge in [0.2, 0.25) is 5.91 Å². The average Bonchev–Trinajstić information content (AvgIpc) is 2.94. The van der Waals surface area contributed by atoms with Crippen molar-refractivity contribution >= 4 is 22.9 Å². The van der Waals surface area contributed by atoms with Gasteiger partial charge in [-0.25, -0.2) is 0 Å². The number of hydrogen-bond acceptors (Lipinski definition) is 6. The Morgan fingerprint density at radius 3 is 2.60 bits per heavy atom. The van der Waals surface area contributed by atoms with Gasteiger partial charge in [0.1, 0.15) is 0 Å². The van der Waals surface area contributed by atoms with Crippen molar-refractivity contribution in [2.75, 3.05) is 26.7 Å². The van der Waals surface area contributed by atoms with E-state index in [0.717, 1.165) is 63.6 Å². The topological polar surface area (TPSA) is 70.7 Å². The summed E-state index contributed by atoms with van der Waals surface area (Å²) in [7, 11) is 2.18. The molecule has 1 unspecified atom stereocenters. The first-order valence-corrected chi connectivity index (χ1v) is 10.6. The minimum atomic E-state index is -0.191. The molecule has 2 atom stereocenters. The molecule has 3 rings (SSSR count). The van der Waals surface area contributed by atoms with Crippen LogP contribution < -0.4 is 10.6 Å². The minimum Gasteiger partial charge on any atom is -0.377 e. The highest BCUT2D eigenvalue weighted by atomic mass is 32.2. The van der Waals surface area contributed by atoms with Crippen LogP contribution in [0.15, 0.2) is 0 Å². The van der Waals surface area contributed by atoms with Gasteiger partial charge in [0.25, 0.3) is 5.24 Å². The summed E-state index contributed by atoms with van der Waals surface area (Å²) >= 11 is 1.16. The second kappa shape index (κ2) is 9.35. The van der Waals surface area contributed by atoms with Gasteiger partial charge in [-0.1, -0.05) is 11.8 Å². The Hall–Kier alpha value is -0.630. The molecule has 2 amide bonds. The number of nitrogens with zero attached hydrogens (tertiary/aromatic N) is 1. The molecule has 2 saturated heterocycles. The van der Waals surface area contributed by atoms with Crippen molar-refractivity contribution < 1.29 is 14.3 Å². The van der Waals surface area contributed by atoms with Crippen molar-refractivity contribution in [3.05, 3.63) is 0 Å². The van der Waals surface area contributed by atoms with Crippen LogP contribution in [0.5, 0.6) is 0 Å². The van der Waals surface area contributed by atoms with E-state index in [9.17, 15) is 9.59 Å². The molecule has 0 aromatic carbocycles. The van der Waals surface area contributed by atoms with E-state index in [0.29, 0.717) is 18.2 Å². The summed E-state index contributed by atoms with van der Waals surface area (Å²) < 4.78 is 6.09. The molecule has 2 heterocycles. The van der Waals surface area contributed by atoms with Crippen LogP contribution in [0.3, 0.4) is 0 Å². The summed E-state index contributed by atoms with van der Waals surface area (Å²) in [5, 5.41) is 5.58. The third-order valence-electron chi connectivity index (χ3n) is 5.72. The lowest BCUT2D eigenvalue weighted by molar-refractivity contribution is -0.119. The third kappa shape index (κ3) is 5.67. The second-order valence-electron chi connectivity index (χ2n) is 7.58. The van der Waals surface area contributed by atoms with Crippen LogP contribution in [0.25, 0.3) is 0 Å². The number of imide groups is 1. The smallest absolute Gasteiger partial charge is 0.286 e. The monoisotopic (exact) mass is 369 g/mol. The zero-order valence-corrected chi connectivity index (χ0v) is 16.0. The van der Waals surface area contributed by atoms with Crippen LogP contribution in [0.2, 0.25) is 0 Å². The first kappa shape index (κ1) is 19.1. The first-order valence-electron chi connectivity index (χ1n) is 9.68. The van der Waals surface area contributed by atoms with Crippen molar-refractivity contribution in [3.63, 3.8) is 0 Å². The quantitative estimate of drug-likeness (QED) is 0.718. The van der Waals surface area contributed by atoms with Crippen LogP contribution in [-0.2, 0) is 9.53 Å². The molecule has 0 aromatic heterocycles. The summed E-state index contributed by atoms with van der Waals surface area (Å²) in [6, 6.07) is 0. The number of piperidine rings is 1. The van der Waals surface area contributed by atoms with Crippen LogP contribution >= 0.6 is 11.8 Å². The van der Waals surface area contributed by atoms with Gasteiger partial charge >= 0.3 is 0 Å². The van der Waals surface area contributed by atoms with Crippen molar-refractivity contribution in [1.29, 1.82) is 0 Å². The molecule has 0 aromatic rings. The van der Waals surface area contributed by atoms with E-state index in [1.165, 1.54) is 19.3 Å². The number of likely N-dealkylation sites (N-methyl/N-ethyl adjacent to an activating group) is 1. The van der Waals surface area contributed by atoms with E-state index >= 15 is 0 Å². The Morgan fingerprint density at radius 1 is 1.16 bits per heavy atom. The van der Waals surface area contributed by atoms with Crippen molar-refractivity contribution in [2.24, 2.45) is 5.92 Å². The lowest BCUT2D eigenvalue weighted by Gasteiger charge is -2.33. The molecule has 1 aliphatic carbocycles. The fourth-order valence-electron chi connectivity index (χ4n) is 4.11. The highest BCUT2D eigenvalue weighted by molar-refractivity contribution is 8.15. The molecule has 3 aliphatic rings. The summed E-state index contributed by atoms with van der Waals surface area (Å²) in [6.45, 7) is 2.89. The predicted molar refractivity (Wildman–Crippen MR) is 99.5 cm³/mol. The van der Waals surface area contributed by atoms with Gasteiger partial charge in [0, 0.05) is 6.54 Å². The highest BCUT2D eigenvalue weighted by Crippen LogP contribution is 2.34. The number of amides is 2. The molecule has 0 radical (unpaired) electrons. The molecular weight excluding hydrogens is 338 g/mol. The Morgan fingerprint density at radius 2 is 1.96 bits per heavy atom. The largest absolute Gasteiger partial charge is 0.377 e. The Kier molecular flexibility index (Phi) is 7.16. The maximum Gasteiger partial charge on any atom is 0.286 e. The van der Waals surface area contributed by atoms with E-state index in [1.54, 1.807) is 0 Å². The lowest BCUT2D eigenvalue weighted by atomic mass is 9.84. The molecular formula is C18H31N3O3S. The van der Waals surface area contributed by atoms with Crippen molar-refractivity contribution in [1.82, 2.24) is 15.5 Å². The van der Waals surface area contributed by atoms with Gasteiger partial charge in [0.05, 0.1) is 24.1 Å². The molecule has 2 aliphatic heterocycles. The zero-order chi connectivity index (χ0) is 17.6. The molecule has 3 fully saturated rings. The first-order chi connectivity index (χ1) is 12.1. The molecule has 142 valence electrons. The molecule has 25 heavy (non-hydrogen) atoms. The zero-order valence-electron chi connectivity index (χ0n) is 15.2. The van der Waals surface area contributed by atoms with E-state index < -0.39 is 0 Å². The molecule has 2 N–H and O–H groups in total. The molecule has 6 nitrogen and oxygen atoms in total. The SMILES string of the molecule is CN(CCOC1CCC(C[C@@H]2SC(=O)NC2=O)CC1)C1CCCCN1. The minimum absolute atomic E-state index is 0.104. The molecule has 1 saturated carbocycles. The van der Waals surface area contributed by atoms with Crippen LogP contribution in [0.1, 0.15) is 51.4 Å². The number of carbonyl (C=O) groups is 2. The summed E-state index contributed by atoms with van der Waals surface area (Å²) in [4.78, 5) is 25.3. The normalized spacial score (nSPS) is 33.7. The summed E-state index contributed by atoms with van der Waals surface area (Å²) in [5.74, 6) is 0.441. The molecule has 0 spiro atoms. The van der Waals surface area contributed by atoms with Gasteiger partial charge < -0.3 is 10.1 Å². The fourth-order valence-corrected chi connectivity index (χ4v) is 5.07. The van der Waals surface area contributed by atoms with Crippen LogP contribution in [0.4, 0.5) is 4.79 Å². The van der Waals surface area contributed by atoms with Gasteiger partial charge in [-0.15, -0.1) is 0 Å². The molecule has 0 bridgehead atoms. The van der Waals surface area contributed by atoms with Crippen LogP contribution in [-0.4, -0.2) is 60.3 Å². The summed E-state index contributed by atoms with van der Waals surface area (Å²) in [5.41, 5.74) is 0. The van der Waals surface area contributed by atoms with Gasteiger partial charge in [-0.2, -0.15) is 0 Å². The number of carbonyl (C=O) groups excluding carboxylic acids is 2. The maximum absolute atomic E-state index is 11.7. The third-order valence-corrected chi connectivity index (χ3v) is 6.73. The standard InChI is InChI=1S/C18H31N3O3S/c1-21(16-4-2-3-9-19-16)10-11-24-14-7-5-13(6-8-14)12-15-17(22)20-18(23)25-15/h13-16,19H,2-12H2,1H3,(H,20,22,23)/t13?,14?,15-,16?/m0/s1. The number of thioether (sulfide) groups is 1. The van der Waals surface area contributed by atoms with E-state index in [1.807, 2.05) is 0 Å². The second-order valence-corrected chi connectivity index (χ2v) is 8.75. The maximum atomic E-state index is 11.7. The lowest BCUT2D eigenvalue weighted by Crippen LogP contribution is -2.47. The average molecular weight is 370 g/mol.